The quantitative estimate of drug-likeness (QED) is 0.0367. The Morgan fingerprint density at radius 2 is 0.472 bits per heavy atom. The second-order valence-electron chi connectivity index (χ2n) is 31.5. The maximum Gasteiger partial charge on any atom is 0.0520 e. The van der Waals surface area contributed by atoms with E-state index in [9.17, 15) is 0 Å². The molecule has 0 bridgehead atoms. The summed E-state index contributed by atoms with van der Waals surface area (Å²) >= 11 is 0. The van der Waals surface area contributed by atoms with Crippen molar-refractivity contribution in [3.8, 4) is 44.5 Å². The zero-order valence-electron chi connectivity index (χ0n) is 66.9. The van der Waals surface area contributed by atoms with E-state index in [1.54, 1.807) is 11.1 Å². The van der Waals surface area contributed by atoms with Crippen molar-refractivity contribution < 1.29 is 0 Å². The molecule has 0 saturated carbocycles. The lowest BCUT2D eigenvalue weighted by atomic mass is 9.70. The zero-order valence-corrected chi connectivity index (χ0v) is 66.9. The maximum absolute atomic E-state index is 2.62. The number of hydrogen-bond donors (Lipinski definition) is 0. The maximum atomic E-state index is 2.62. The predicted octanol–water partition coefficient (Wildman–Crippen LogP) is 31.4. The molecule has 0 amide bonds. The molecule has 1 aliphatic carbocycles. The van der Waals surface area contributed by atoms with Crippen LogP contribution in [0.1, 0.15) is 235 Å². The van der Waals surface area contributed by atoms with Gasteiger partial charge in [0, 0.05) is 39.5 Å². The van der Waals surface area contributed by atoms with E-state index >= 15 is 0 Å². The summed E-state index contributed by atoms with van der Waals surface area (Å²) in [6, 6.07) is 85.0. The van der Waals surface area contributed by atoms with Crippen LogP contribution in [0.5, 0.6) is 0 Å². The summed E-state index contributed by atoms with van der Waals surface area (Å²) in [4.78, 5) is 7.45. The van der Waals surface area contributed by atoms with Crippen LogP contribution in [0.3, 0.4) is 0 Å². The summed E-state index contributed by atoms with van der Waals surface area (Å²) in [6.07, 6.45) is 28.7. The van der Waals surface area contributed by atoms with Crippen molar-refractivity contribution in [1.82, 2.24) is 0 Å². The van der Waals surface area contributed by atoms with E-state index in [4.69, 9.17) is 0 Å². The van der Waals surface area contributed by atoms with Crippen molar-refractivity contribution >= 4 is 51.2 Å². The minimum Gasteiger partial charge on any atom is -0.310 e. The molecule has 548 valence electrons. The molecule has 0 atom stereocenters. The van der Waals surface area contributed by atoms with Gasteiger partial charge in [0.2, 0.25) is 0 Å². The van der Waals surface area contributed by atoms with Crippen LogP contribution in [-0.4, -0.2) is 0 Å². The van der Waals surface area contributed by atoms with Crippen LogP contribution in [0, 0.1) is 55.4 Å². The Labute approximate surface area is 640 Å². The topological polar surface area (TPSA) is 9.72 Å². The normalized spacial score (nSPS) is 12.2. The van der Waals surface area contributed by atoms with Crippen LogP contribution in [0.2, 0.25) is 0 Å². The smallest absolute Gasteiger partial charge is 0.0520 e. The molecule has 0 aromatic heterocycles. The Hall–Kier alpha value is -9.18. The standard InChI is InChI=1S/C103H121N3/c1-14-19-24-26-28-30-63-103(64-31-29-27-25-20-15-2)98-65-74(7)37-61-96(98)97-62-48-89(72-99(97)103)88-46-59-95(60-47-88)106(102-79(12)70-83(34-23-18-5)71-80(102)13)94-57-44-87(45-58-94)86-42-55-93(56-43-86)105(101-77(10)68-82(33-22-17-4)69-78(101)11)92-53-40-85(41-54-92)84-38-51-91(52-39-84)104(90-49-35-73(6)36-50-90)100-75(8)66-81(32-21-16-3)67-76(100)9/h35-62,65-72H,14-34,63-64H2,1-13H3. The number of benzene rings is 11. The van der Waals surface area contributed by atoms with Crippen LogP contribution in [-0.2, 0) is 24.7 Å². The highest BCUT2D eigenvalue weighted by atomic mass is 15.2. The molecule has 0 radical (unpaired) electrons. The van der Waals surface area contributed by atoms with Crippen molar-refractivity contribution in [1.29, 1.82) is 0 Å². The second kappa shape index (κ2) is 35.9. The Morgan fingerprint density at radius 1 is 0.226 bits per heavy atom. The molecule has 0 fully saturated rings. The molecular weight excluding hydrogens is 1280 g/mol. The van der Waals surface area contributed by atoms with Gasteiger partial charge in [-0.25, -0.2) is 0 Å². The summed E-state index contributed by atoms with van der Waals surface area (Å²) in [5.41, 5.74) is 38.7. The van der Waals surface area contributed by atoms with Crippen LogP contribution < -0.4 is 14.7 Å². The largest absolute Gasteiger partial charge is 0.310 e. The predicted molar refractivity (Wildman–Crippen MR) is 463 cm³/mol. The third-order valence-electron chi connectivity index (χ3n) is 23.1. The van der Waals surface area contributed by atoms with Crippen LogP contribution >= 0.6 is 0 Å². The number of fused-ring (bicyclic) bond motifs is 3. The summed E-state index contributed by atoms with van der Waals surface area (Å²) in [7, 11) is 0. The third kappa shape index (κ3) is 17.4. The molecular formula is C103H121N3. The lowest BCUT2D eigenvalue weighted by Gasteiger charge is -2.33. The monoisotopic (exact) mass is 1400 g/mol. The van der Waals surface area contributed by atoms with Crippen molar-refractivity contribution in [3.63, 3.8) is 0 Å². The first-order valence-corrected chi connectivity index (χ1v) is 41.2. The molecule has 0 spiro atoms. The first-order chi connectivity index (χ1) is 51.6. The van der Waals surface area contributed by atoms with E-state index in [0.29, 0.717) is 0 Å². The molecule has 0 unspecified atom stereocenters. The molecule has 0 saturated heterocycles. The van der Waals surface area contributed by atoms with Crippen molar-refractivity contribution in [2.24, 2.45) is 0 Å². The van der Waals surface area contributed by atoms with Crippen LogP contribution in [0.4, 0.5) is 51.2 Å². The summed E-state index contributed by atoms with van der Waals surface area (Å²) in [5, 5.41) is 0. The van der Waals surface area contributed by atoms with E-state index in [1.807, 2.05) is 0 Å². The highest BCUT2D eigenvalue weighted by Gasteiger charge is 2.42. The minimum absolute atomic E-state index is 0.0298. The average Bonchev–Trinajstić information content (AvgIpc) is 1.56. The lowest BCUT2D eigenvalue weighted by Crippen LogP contribution is -2.25. The fraction of sp³-hybridized carbons (Fsp3) is 0.359. The molecule has 0 aliphatic heterocycles. The van der Waals surface area contributed by atoms with Gasteiger partial charge in [0.15, 0.2) is 0 Å². The van der Waals surface area contributed by atoms with Crippen LogP contribution in [0.15, 0.2) is 218 Å². The zero-order chi connectivity index (χ0) is 74.3. The van der Waals surface area contributed by atoms with Crippen molar-refractivity contribution in [2.75, 3.05) is 14.7 Å². The van der Waals surface area contributed by atoms with Crippen molar-refractivity contribution in [3.05, 3.63) is 291 Å². The van der Waals surface area contributed by atoms with Crippen LogP contribution in [0.25, 0.3) is 44.5 Å². The first-order valence-electron chi connectivity index (χ1n) is 41.2. The second-order valence-corrected chi connectivity index (χ2v) is 31.5. The van der Waals surface area contributed by atoms with Gasteiger partial charge >= 0.3 is 0 Å². The van der Waals surface area contributed by atoms with E-state index in [2.05, 4.69) is 323 Å². The molecule has 0 N–H and O–H groups in total. The van der Waals surface area contributed by atoms with Gasteiger partial charge in [0.1, 0.15) is 0 Å². The van der Waals surface area contributed by atoms with Gasteiger partial charge in [-0.05, 0) is 291 Å². The number of nitrogens with zero attached hydrogens (tertiary/aromatic N) is 3. The molecule has 3 nitrogen and oxygen atoms in total. The molecule has 106 heavy (non-hydrogen) atoms. The number of hydrogen-bond acceptors (Lipinski definition) is 3. The minimum atomic E-state index is 0.0298. The Morgan fingerprint density at radius 3 is 0.783 bits per heavy atom. The third-order valence-corrected chi connectivity index (χ3v) is 23.1. The van der Waals surface area contributed by atoms with Gasteiger partial charge < -0.3 is 14.7 Å². The Kier molecular flexibility index (Phi) is 25.9. The summed E-state index contributed by atoms with van der Waals surface area (Å²) in [6.45, 7) is 29.8. The van der Waals surface area contributed by atoms with Gasteiger partial charge in [0.05, 0.1) is 17.1 Å². The highest BCUT2D eigenvalue weighted by molar-refractivity contribution is 5.89. The number of rotatable bonds is 35. The van der Waals surface area contributed by atoms with Gasteiger partial charge in [-0.2, -0.15) is 0 Å². The first kappa shape index (κ1) is 76.5. The fourth-order valence-electron chi connectivity index (χ4n) is 17.6. The molecule has 11 aromatic rings. The number of unbranched alkanes of at least 4 members (excludes halogenated alkanes) is 13. The van der Waals surface area contributed by atoms with Gasteiger partial charge in [-0.15, -0.1) is 0 Å². The molecule has 12 rings (SSSR count). The fourth-order valence-corrected chi connectivity index (χ4v) is 17.6. The van der Waals surface area contributed by atoms with E-state index in [0.717, 1.165) is 47.7 Å². The highest BCUT2D eigenvalue weighted by Crippen LogP contribution is 2.56. The summed E-state index contributed by atoms with van der Waals surface area (Å²) < 4.78 is 0. The van der Waals surface area contributed by atoms with Gasteiger partial charge in [0.25, 0.3) is 0 Å². The summed E-state index contributed by atoms with van der Waals surface area (Å²) in [5.74, 6) is 0. The number of aryl methyl sites for hydroxylation is 11. The molecule has 0 heterocycles. The molecule has 3 heteroatoms. The molecule has 11 aromatic carbocycles. The number of anilines is 9. The van der Waals surface area contributed by atoms with Crippen molar-refractivity contribution in [2.45, 2.75) is 243 Å². The van der Waals surface area contributed by atoms with E-state index in [1.165, 1.54) is 257 Å². The van der Waals surface area contributed by atoms with E-state index in [-0.39, 0.29) is 5.41 Å². The Balaban J connectivity index is 0.849. The molecule has 1 aliphatic rings. The van der Waals surface area contributed by atoms with E-state index < -0.39 is 0 Å². The Bertz CT molecular complexity index is 4600. The lowest BCUT2D eigenvalue weighted by molar-refractivity contribution is 0.398. The average molecular weight is 1400 g/mol. The SMILES string of the molecule is CCCCCCCCC1(CCCCCCCC)c2cc(C)ccc2-c2ccc(-c3ccc(N(c4ccc(-c5ccc(N(c6ccc(-c7ccc(N(c8ccc(C)cc8)c8c(C)cc(CCCC)cc8C)cc7)cc6)c6c(C)cc(CCCC)cc6C)cc5)cc4)c4c(C)cc(CCCC)cc4C)cc3)cc21. The van der Waals surface area contributed by atoms with Gasteiger partial charge in [-0.1, -0.05) is 282 Å². The van der Waals surface area contributed by atoms with Gasteiger partial charge in [-0.3, -0.25) is 0 Å².